The maximum atomic E-state index is 12.6. The molecule has 6 nitrogen and oxygen atoms in total. The van der Waals surface area contributed by atoms with E-state index in [1.165, 1.54) is 0 Å². The van der Waals surface area contributed by atoms with Gasteiger partial charge < -0.3 is 4.90 Å². The Hall–Kier alpha value is -2.47. The molecule has 0 saturated carbocycles. The van der Waals surface area contributed by atoms with Crippen LogP contribution in [0.5, 0.6) is 0 Å². The number of carbonyl (C=O) groups is 2. The summed E-state index contributed by atoms with van der Waals surface area (Å²) < 4.78 is 0. The normalized spacial score (nSPS) is 18.6. The lowest BCUT2D eigenvalue weighted by Gasteiger charge is -2.19. The van der Waals surface area contributed by atoms with Crippen molar-refractivity contribution in [1.29, 1.82) is 0 Å². The third-order valence-corrected chi connectivity index (χ3v) is 5.68. The third kappa shape index (κ3) is 3.61. The number of carbonyl (C=O) groups excluding carboxylic acids is 2. The first-order valence-corrected chi connectivity index (χ1v) is 10.2. The average Bonchev–Trinajstić information content (AvgIpc) is 3.29. The number of hydrogen-bond donors (Lipinski definition) is 0. The quantitative estimate of drug-likeness (QED) is 0.726. The first kappa shape index (κ1) is 18.9. The molecule has 2 aromatic rings. The van der Waals surface area contributed by atoms with Crippen LogP contribution in [-0.2, 0) is 22.6 Å². The maximum Gasteiger partial charge on any atom is 0.233 e. The summed E-state index contributed by atoms with van der Waals surface area (Å²) in [6.07, 6.45) is 1.54. The Bertz CT molecular complexity index is 903. The van der Waals surface area contributed by atoms with Crippen molar-refractivity contribution in [3.8, 4) is 0 Å². The Kier molecular flexibility index (Phi) is 5.31. The minimum absolute atomic E-state index is 0.0544. The van der Waals surface area contributed by atoms with Crippen molar-refractivity contribution in [3.63, 3.8) is 0 Å². The monoisotopic (exact) mass is 398 g/mol. The first-order chi connectivity index (χ1) is 13.6. The van der Waals surface area contributed by atoms with Crippen LogP contribution >= 0.6 is 11.6 Å². The maximum absolute atomic E-state index is 12.6. The van der Waals surface area contributed by atoms with Gasteiger partial charge in [0.25, 0.3) is 0 Å². The smallest absolute Gasteiger partial charge is 0.233 e. The van der Waals surface area contributed by atoms with E-state index in [0.717, 1.165) is 34.9 Å². The fourth-order valence-electron chi connectivity index (χ4n) is 3.95. The van der Waals surface area contributed by atoms with E-state index in [1.807, 2.05) is 42.2 Å². The molecule has 1 saturated heterocycles. The number of aryl methyl sites for hydroxylation is 1. The summed E-state index contributed by atoms with van der Waals surface area (Å²) in [5.41, 5.74) is 2.84. The zero-order chi connectivity index (χ0) is 19.7. The molecule has 2 aliphatic heterocycles. The molecule has 2 amide bonds. The van der Waals surface area contributed by atoms with Crippen molar-refractivity contribution in [2.45, 2.75) is 38.6 Å². The number of hydrogen-bond acceptors (Lipinski definition) is 4. The molecule has 0 aliphatic carbocycles. The number of rotatable bonds is 5. The van der Waals surface area contributed by atoms with E-state index in [2.05, 4.69) is 4.98 Å². The molecule has 1 unspecified atom stereocenters. The van der Waals surface area contributed by atoms with Gasteiger partial charge in [-0.1, -0.05) is 30.3 Å². The van der Waals surface area contributed by atoms with Gasteiger partial charge in [-0.2, -0.15) is 0 Å². The SMILES string of the molecule is Cc1nc(C2CCN(C(=O)CCCl)C2)nc2c1CC(=O)N2Cc1ccccc1. The molecule has 0 bridgehead atoms. The predicted molar refractivity (Wildman–Crippen MR) is 107 cm³/mol. The van der Waals surface area contributed by atoms with Crippen molar-refractivity contribution in [2.75, 3.05) is 23.9 Å². The van der Waals surface area contributed by atoms with Gasteiger partial charge >= 0.3 is 0 Å². The lowest BCUT2D eigenvalue weighted by atomic mass is 10.1. The zero-order valence-corrected chi connectivity index (χ0v) is 16.7. The Morgan fingerprint density at radius 3 is 2.79 bits per heavy atom. The second kappa shape index (κ2) is 7.87. The topological polar surface area (TPSA) is 66.4 Å². The average molecular weight is 399 g/mol. The number of aromatic nitrogens is 2. The molecular formula is C21H23ClN4O2. The van der Waals surface area contributed by atoms with E-state index in [-0.39, 0.29) is 17.7 Å². The predicted octanol–water partition coefficient (Wildman–Crippen LogP) is 2.82. The zero-order valence-electron chi connectivity index (χ0n) is 15.9. The van der Waals surface area contributed by atoms with Gasteiger partial charge in [-0.25, -0.2) is 9.97 Å². The highest BCUT2D eigenvalue weighted by Crippen LogP contribution is 2.33. The van der Waals surface area contributed by atoms with Crippen LogP contribution in [0.2, 0.25) is 0 Å². The van der Waals surface area contributed by atoms with Crippen molar-refractivity contribution in [1.82, 2.24) is 14.9 Å². The van der Waals surface area contributed by atoms with E-state index in [0.29, 0.717) is 38.4 Å². The van der Waals surface area contributed by atoms with E-state index in [4.69, 9.17) is 16.6 Å². The molecule has 1 aromatic carbocycles. The van der Waals surface area contributed by atoms with Crippen LogP contribution in [0.4, 0.5) is 5.82 Å². The highest BCUT2D eigenvalue weighted by Gasteiger charge is 2.34. The number of fused-ring (bicyclic) bond motifs is 1. The molecule has 2 aliphatic rings. The summed E-state index contributed by atoms with van der Waals surface area (Å²) in [4.78, 5) is 37.8. The highest BCUT2D eigenvalue weighted by atomic mass is 35.5. The Labute approximate surface area is 169 Å². The fourth-order valence-corrected chi connectivity index (χ4v) is 4.11. The first-order valence-electron chi connectivity index (χ1n) is 9.62. The van der Waals surface area contributed by atoms with Gasteiger partial charge in [0.15, 0.2) is 0 Å². The van der Waals surface area contributed by atoms with Crippen LogP contribution < -0.4 is 4.90 Å². The lowest BCUT2D eigenvalue weighted by Crippen LogP contribution is -2.29. The van der Waals surface area contributed by atoms with Crippen LogP contribution in [0, 0.1) is 6.92 Å². The molecule has 146 valence electrons. The minimum Gasteiger partial charge on any atom is -0.342 e. The van der Waals surface area contributed by atoms with Gasteiger partial charge in [0.2, 0.25) is 11.8 Å². The van der Waals surface area contributed by atoms with Crippen molar-refractivity contribution in [3.05, 3.63) is 53.0 Å². The molecular weight excluding hydrogens is 376 g/mol. The summed E-state index contributed by atoms with van der Waals surface area (Å²) in [5, 5.41) is 0. The largest absolute Gasteiger partial charge is 0.342 e. The van der Waals surface area contributed by atoms with Gasteiger partial charge in [-0.3, -0.25) is 14.5 Å². The Morgan fingerprint density at radius 2 is 2.04 bits per heavy atom. The van der Waals surface area contributed by atoms with E-state index >= 15 is 0 Å². The molecule has 0 spiro atoms. The summed E-state index contributed by atoms with van der Waals surface area (Å²) in [6, 6.07) is 9.93. The summed E-state index contributed by atoms with van der Waals surface area (Å²) in [6.45, 7) is 3.76. The second-order valence-electron chi connectivity index (χ2n) is 7.38. The molecule has 1 fully saturated rings. The minimum atomic E-state index is 0.0544. The standard InChI is InChI=1S/C21H23ClN4O2/c1-14-17-11-19(28)26(12-15-5-3-2-4-6-15)21(17)24-20(23-14)16-8-10-25(13-16)18(27)7-9-22/h2-6,16H,7-13H2,1H3. The van der Waals surface area contributed by atoms with Crippen LogP contribution in [0.15, 0.2) is 30.3 Å². The van der Waals surface area contributed by atoms with E-state index < -0.39 is 0 Å². The van der Waals surface area contributed by atoms with Crippen LogP contribution in [0.25, 0.3) is 0 Å². The molecule has 7 heteroatoms. The van der Waals surface area contributed by atoms with Gasteiger partial charge in [-0.05, 0) is 18.9 Å². The highest BCUT2D eigenvalue weighted by molar-refractivity contribution is 6.18. The lowest BCUT2D eigenvalue weighted by molar-refractivity contribution is -0.129. The number of likely N-dealkylation sites (tertiary alicyclic amines) is 1. The number of benzene rings is 1. The van der Waals surface area contributed by atoms with Crippen LogP contribution in [0.1, 0.15) is 41.4 Å². The molecule has 1 atom stereocenters. The Morgan fingerprint density at radius 1 is 1.25 bits per heavy atom. The molecule has 28 heavy (non-hydrogen) atoms. The third-order valence-electron chi connectivity index (χ3n) is 5.49. The summed E-state index contributed by atoms with van der Waals surface area (Å²) >= 11 is 5.70. The summed E-state index contributed by atoms with van der Waals surface area (Å²) in [5.74, 6) is 2.02. The molecule has 4 rings (SSSR count). The van der Waals surface area contributed by atoms with E-state index in [9.17, 15) is 9.59 Å². The van der Waals surface area contributed by atoms with Crippen molar-refractivity contribution >= 4 is 29.2 Å². The second-order valence-corrected chi connectivity index (χ2v) is 7.75. The van der Waals surface area contributed by atoms with Crippen LogP contribution in [0.3, 0.4) is 0 Å². The Balaban J connectivity index is 1.58. The van der Waals surface area contributed by atoms with Gasteiger partial charge in [0.05, 0.1) is 13.0 Å². The van der Waals surface area contributed by atoms with Gasteiger partial charge in [-0.15, -0.1) is 11.6 Å². The molecule has 3 heterocycles. The fraction of sp³-hybridized carbons (Fsp3) is 0.429. The van der Waals surface area contributed by atoms with Gasteiger partial charge in [0, 0.05) is 42.6 Å². The number of nitrogens with zero attached hydrogens (tertiary/aromatic N) is 4. The molecule has 1 aromatic heterocycles. The van der Waals surface area contributed by atoms with E-state index in [1.54, 1.807) is 4.90 Å². The van der Waals surface area contributed by atoms with Crippen molar-refractivity contribution in [2.24, 2.45) is 0 Å². The number of halogens is 1. The van der Waals surface area contributed by atoms with Crippen LogP contribution in [-0.4, -0.2) is 45.7 Å². The summed E-state index contributed by atoms with van der Waals surface area (Å²) in [7, 11) is 0. The van der Waals surface area contributed by atoms with Gasteiger partial charge in [0.1, 0.15) is 11.6 Å². The number of alkyl halides is 1. The number of anilines is 1. The molecule has 0 N–H and O–H groups in total. The number of amides is 2. The van der Waals surface area contributed by atoms with Crippen molar-refractivity contribution < 1.29 is 9.59 Å². The molecule has 0 radical (unpaired) electrons.